The number of hydrogen-bond donors (Lipinski definition) is 1. The summed E-state index contributed by atoms with van der Waals surface area (Å²) in [4.78, 5) is 19.5. The maximum absolute atomic E-state index is 9.47. The number of hydrogen-bond acceptors (Lipinski definition) is 7. The van der Waals surface area contributed by atoms with Crippen molar-refractivity contribution in [3.63, 3.8) is 0 Å². The SMILES string of the molecule is Cc1ncc(CNc2ncnc3c2CN(c2ccc(Cl)cc2C#N)CC3)cn1. The summed E-state index contributed by atoms with van der Waals surface area (Å²) in [6.45, 7) is 3.85. The number of nitrogens with one attached hydrogen (secondary N) is 1. The zero-order valence-corrected chi connectivity index (χ0v) is 16.1. The van der Waals surface area contributed by atoms with Gasteiger partial charge < -0.3 is 10.2 Å². The fourth-order valence-electron chi connectivity index (χ4n) is 3.27. The standard InChI is InChI=1S/C20H18ClN7/c1-13-23-8-14(9-24-13)10-25-20-17-11-28(5-4-18(17)26-12-27-20)19-3-2-16(21)6-15(19)7-22/h2-3,6,8-9,12H,4-5,10-11H2,1H3,(H,25,26,27). The fraction of sp³-hybridized carbons (Fsp3) is 0.250. The average Bonchev–Trinajstić information content (AvgIpc) is 2.73. The number of nitriles is 1. The third-order valence-corrected chi connectivity index (χ3v) is 4.95. The molecule has 8 heteroatoms. The van der Waals surface area contributed by atoms with Crippen molar-refractivity contribution in [1.29, 1.82) is 5.26 Å². The zero-order valence-electron chi connectivity index (χ0n) is 15.4. The molecule has 0 spiro atoms. The third kappa shape index (κ3) is 3.73. The number of rotatable bonds is 4. The summed E-state index contributed by atoms with van der Waals surface area (Å²) in [5, 5.41) is 13.4. The predicted octanol–water partition coefficient (Wildman–Crippen LogP) is 3.27. The minimum atomic E-state index is 0.559. The molecule has 1 N–H and O–H groups in total. The van der Waals surface area contributed by atoms with Crippen LogP contribution in [0.25, 0.3) is 0 Å². The minimum Gasteiger partial charge on any atom is -0.366 e. The largest absolute Gasteiger partial charge is 0.366 e. The predicted molar refractivity (Wildman–Crippen MR) is 107 cm³/mol. The number of aromatic nitrogens is 4. The summed E-state index contributed by atoms with van der Waals surface area (Å²) >= 11 is 6.04. The number of aryl methyl sites for hydroxylation is 1. The fourth-order valence-corrected chi connectivity index (χ4v) is 3.44. The van der Waals surface area contributed by atoms with Gasteiger partial charge in [0.2, 0.25) is 0 Å². The molecule has 140 valence electrons. The first kappa shape index (κ1) is 18.1. The van der Waals surface area contributed by atoms with Gasteiger partial charge in [-0.1, -0.05) is 11.6 Å². The van der Waals surface area contributed by atoms with Gasteiger partial charge in [0.15, 0.2) is 0 Å². The van der Waals surface area contributed by atoms with E-state index >= 15 is 0 Å². The molecule has 0 saturated carbocycles. The van der Waals surface area contributed by atoms with Gasteiger partial charge in [-0.25, -0.2) is 19.9 Å². The number of halogens is 1. The highest BCUT2D eigenvalue weighted by atomic mass is 35.5. The molecule has 3 aromatic rings. The maximum Gasteiger partial charge on any atom is 0.134 e. The molecule has 7 nitrogen and oxygen atoms in total. The molecule has 1 aromatic carbocycles. The van der Waals surface area contributed by atoms with E-state index in [4.69, 9.17) is 11.6 Å². The highest BCUT2D eigenvalue weighted by molar-refractivity contribution is 6.30. The summed E-state index contributed by atoms with van der Waals surface area (Å²) in [5.74, 6) is 1.54. The molecular weight excluding hydrogens is 374 g/mol. The molecule has 1 aliphatic rings. The van der Waals surface area contributed by atoms with Gasteiger partial charge in [-0.2, -0.15) is 5.26 Å². The van der Waals surface area contributed by atoms with Gasteiger partial charge in [0.05, 0.1) is 16.9 Å². The molecule has 0 unspecified atom stereocenters. The van der Waals surface area contributed by atoms with E-state index in [2.05, 4.69) is 36.2 Å². The zero-order chi connectivity index (χ0) is 19.5. The first-order valence-electron chi connectivity index (χ1n) is 8.93. The molecule has 2 aromatic heterocycles. The molecule has 0 aliphatic carbocycles. The van der Waals surface area contributed by atoms with Gasteiger partial charge in [0, 0.05) is 54.6 Å². The van der Waals surface area contributed by atoms with Crippen LogP contribution in [0.5, 0.6) is 0 Å². The number of benzene rings is 1. The third-order valence-electron chi connectivity index (χ3n) is 4.72. The summed E-state index contributed by atoms with van der Waals surface area (Å²) in [7, 11) is 0. The Morgan fingerprint density at radius 3 is 2.82 bits per heavy atom. The molecule has 4 rings (SSSR count). The van der Waals surface area contributed by atoms with Crippen molar-refractivity contribution in [3.8, 4) is 6.07 Å². The summed E-state index contributed by atoms with van der Waals surface area (Å²) < 4.78 is 0. The van der Waals surface area contributed by atoms with Gasteiger partial charge in [-0.05, 0) is 25.1 Å². The Kier molecular flexibility index (Phi) is 5.04. The molecule has 0 saturated heterocycles. The van der Waals surface area contributed by atoms with Gasteiger partial charge >= 0.3 is 0 Å². The summed E-state index contributed by atoms with van der Waals surface area (Å²) in [6.07, 6.45) is 5.99. The second-order valence-corrected chi connectivity index (χ2v) is 7.02. The smallest absolute Gasteiger partial charge is 0.134 e. The van der Waals surface area contributed by atoms with Crippen LogP contribution < -0.4 is 10.2 Å². The number of nitrogens with zero attached hydrogens (tertiary/aromatic N) is 6. The monoisotopic (exact) mass is 391 g/mol. The van der Waals surface area contributed by atoms with Crippen LogP contribution in [0.15, 0.2) is 36.9 Å². The minimum absolute atomic E-state index is 0.559. The Morgan fingerprint density at radius 2 is 2.04 bits per heavy atom. The molecule has 1 aliphatic heterocycles. The molecule has 0 fully saturated rings. The second-order valence-electron chi connectivity index (χ2n) is 6.58. The van der Waals surface area contributed by atoms with E-state index in [1.807, 2.05) is 31.5 Å². The first-order chi connectivity index (χ1) is 13.6. The quantitative estimate of drug-likeness (QED) is 0.729. The van der Waals surface area contributed by atoms with Crippen LogP contribution in [-0.2, 0) is 19.5 Å². The van der Waals surface area contributed by atoms with Crippen molar-refractivity contribution in [1.82, 2.24) is 19.9 Å². The van der Waals surface area contributed by atoms with Crippen LogP contribution in [0.3, 0.4) is 0 Å². The lowest BCUT2D eigenvalue weighted by molar-refractivity contribution is 0.705. The molecule has 3 heterocycles. The average molecular weight is 392 g/mol. The Morgan fingerprint density at radius 1 is 1.21 bits per heavy atom. The van der Waals surface area contributed by atoms with Crippen molar-refractivity contribution in [2.24, 2.45) is 0 Å². The van der Waals surface area contributed by atoms with Crippen LogP contribution in [0, 0.1) is 18.3 Å². The van der Waals surface area contributed by atoms with Gasteiger partial charge in [0.25, 0.3) is 0 Å². The first-order valence-corrected chi connectivity index (χ1v) is 9.30. The lowest BCUT2D eigenvalue weighted by Crippen LogP contribution is -2.32. The van der Waals surface area contributed by atoms with E-state index in [0.717, 1.165) is 47.1 Å². The van der Waals surface area contributed by atoms with E-state index < -0.39 is 0 Å². The van der Waals surface area contributed by atoms with E-state index in [9.17, 15) is 5.26 Å². The van der Waals surface area contributed by atoms with E-state index in [1.165, 1.54) is 0 Å². The van der Waals surface area contributed by atoms with Crippen molar-refractivity contribution < 1.29 is 0 Å². The van der Waals surface area contributed by atoms with Crippen LogP contribution in [0.1, 0.15) is 28.2 Å². The Bertz CT molecular complexity index is 1040. The van der Waals surface area contributed by atoms with Gasteiger partial charge in [0.1, 0.15) is 24.0 Å². The Hall–Kier alpha value is -3.24. The van der Waals surface area contributed by atoms with Crippen LogP contribution >= 0.6 is 11.6 Å². The summed E-state index contributed by atoms with van der Waals surface area (Å²) in [6, 6.07) is 7.64. The molecule has 28 heavy (non-hydrogen) atoms. The molecule has 0 amide bonds. The van der Waals surface area contributed by atoms with Gasteiger partial charge in [-0.3, -0.25) is 0 Å². The maximum atomic E-state index is 9.47. The Balaban J connectivity index is 1.58. The highest BCUT2D eigenvalue weighted by Gasteiger charge is 2.23. The van der Waals surface area contributed by atoms with E-state index in [0.29, 0.717) is 23.7 Å². The molecule has 0 bridgehead atoms. The van der Waals surface area contributed by atoms with Gasteiger partial charge in [-0.15, -0.1) is 0 Å². The lowest BCUT2D eigenvalue weighted by atomic mass is 10.0. The topological polar surface area (TPSA) is 90.6 Å². The van der Waals surface area contributed by atoms with Crippen molar-refractivity contribution >= 4 is 23.1 Å². The van der Waals surface area contributed by atoms with Crippen LogP contribution in [0.4, 0.5) is 11.5 Å². The van der Waals surface area contributed by atoms with Crippen molar-refractivity contribution in [2.45, 2.75) is 26.4 Å². The Labute approximate surface area is 168 Å². The lowest BCUT2D eigenvalue weighted by Gasteiger charge is -2.31. The molecule has 0 radical (unpaired) electrons. The van der Waals surface area contributed by atoms with Crippen molar-refractivity contribution in [2.75, 3.05) is 16.8 Å². The van der Waals surface area contributed by atoms with Crippen molar-refractivity contribution in [3.05, 3.63) is 70.2 Å². The normalized spacial score (nSPS) is 13.0. The van der Waals surface area contributed by atoms with E-state index in [1.54, 1.807) is 12.4 Å². The summed E-state index contributed by atoms with van der Waals surface area (Å²) in [5.41, 5.74) is 4.50. The molecular formula is C20H18ClN7. The second kappa shape index (κ2) is 7.79. The number of fused-ring (bicyclic) bond motifs is 1. The van der Waals surface area contributed by atoms with E-state index in [-0.39, 0.29) is 0 Å². The van der Waals surface area contributed by atoms with Crippen LogP contribution in [-0.4, -0.2) is 26.5 Å². The molecule has 0 atom stereocenters. The van der Waals surface area contributed by atoms with Crippen LogP contribution in [0.2, 0.25) is 5.02 Å². The number of anilines is 2. The highest BCUT2D eigenvalue weighted by Crippen LogP contribution is 2.30.